The van der Waals surface area contributed by atoms with Crippen LogP contribution in [0.2, 0.25) is 0 Å². The summed E-state index contributed by atoms with van der Waals surface area (Å²) in [5, 5.41) is 9.22. The molecule has 1 aliphatic rings. The molecule has 1 fully saturated rings. The van der Waals surface area contributed by atoms with Crippen molar-refractivity contribution < 1.29 is 5.11 Å². The average Bonchev–Trinajstić information content (AvgIpc) is 3.10. The molecule has 2 heterocycles. The second kappa shape index (κ2) is 6.98. The highest BCUT2D eigenvalue weighted by Gasteiger charge is 2.18. The molecule has 4 nitrogen and oxygen atoms in total. The molecule has 1 aromatic heterocycles. The SMILES string of the molecule is C[C@@H](c1ccc(-c2ccc3nc(CO)[nH]c3c2)cc1)N1CCCCC1. The zero-order chi connectivity index (χ0) is 17.2. The molecule has 4 rings (SSSR count). The van der Waals surface area contributed by atoms with Gasteiger partial charge in [-0.1, -0.05) is 36.8 Å². The van der Waals surface area contributed by atoms with E-state index in [0.717, 1.165) is 16.6 Å². The van der Waals surface area contributed by atoms with Gasteiger partial charge in [-0.25, -0.2) is 4.98 Å². The summed E-state index contributed by atoms with van der Waals surface area (Å²) in [5.74, 6) is 0.609. The lowest BCUT2D eigenvalue weighted by atomic mass is 9.99. The van der Waals surface area contributed by atoms with Crippen molar-refractivity contribution in [2.45, 2.75) is 38.8 Å². The fraction of sp³-hybridized carbons (Fsp3) is 0.381. The quantitative estimate of drug-likeness (QED) is 0.748. The highest BCUT2D eigenvalue weighted by Crippen LogP contribution is 2.28. The maximum atomic E-state index is 9.22. The van der Waals surface area contributed by atoms with E-state index in [1.54, 1.807) is 0 Å². The number of hydrogen-bond acceptors (Lipinski definition) is 3. The van der Waals surface area contributed by atoms with Crippen molar-refractivity contribution >= 4 is 11.0 Å². The minimum absolute atomic E-state index is 0.0624. The van der Waals surface area contributed by atoms with Crippen LogP contribution in [0.4, 0.5) is 0 Å². The molecule has 0 amide bonds. The average molecular weight is 335 g/mol. The lowest BCUT2D eigenvalue weighted by Gasteiger charge is -2.32. The van der Waals surface area contributed by atoms with E-state index in [1.807, 2.05) is 6.07 Å². The Balaban J connectivity index is 1.56. The van der Waals surface area contributed by atoms with Gasteiger partial charge in [0.2, 0.25) is 0 Å². The van der Waals surface area contributed by atoms with Crippen LogP contribution in [-0.4, -0.2) is 33.1 Å². The Morgan fingerprint density at radius 1 is 1.04 bits per heavy atom. The largest absolute Gasteiger partial charge is 0.388 e. The van der Waals surface area contributed by atoms with E-state index < -0.39 is 0 Å². The zero-order valence-corrected chi connectivity index (χ0v) is 14.7. The third-order valence-corrected chi connectivity index (χ3v) is 5.35. The predicted molar refractivity (Wildman–Crippen MR) is 101 cm³/mol. The van der Waals surface area contributed by atoms with Crippen molar-refractivity contribution in [2.24, 2.45) is 0 Å². The minimum atomic E-state index is -0.0624. The molecular weight excluding hydrogens is 310 g/mol. The standard InChI is InChI=1S/C21H25N3O/c1-15(24-11-3-2-4-12-24)16-5-7-17(8-6-16)18-9-10-19-20(13-18)23-21(14-25)22-19/h5-10,13,15,25H,2-4,11-12,14H2,1H3,(H,22,23)/t15-/m0/s1. The molecule has 3 aromatic rings. The van der Waals surface area contributed by atoms with Crippen LogP contribution >= 0.6 is 0 Å². The van der Waals surface area contributed by atoms with Crippen LogP contribution in [-0.2, 0) is 6.61 Å². The van der Waals surface area contributed by atoms with E-state index in [0.29, 0.717) is 11.9 Å². The lowest BCUT2D eigenvalue weighted by molar-refractivity contribution is 0.175. The van der Waals surface area contributed by atoms with Gasteiger partial charge in [0, 0.05) is 6.04 Å². The molecule has 1 aliphatic heterocycles. The van der Waals surface area contributed by atoms with Crippen LogP contribution in [0.1, 0.15) is 43.6 Å². The molecule has 4 heteroatoms. The number of likely N-dealkylation sites (tertiary alicyclic amines) is 1. The number of aromatic nitrogens is 2. The third-order valence-electron chi connectivity index (χ3n) is 5.35. The first-order chi connectivity index (χ1) is 12.2. The van der Waals surface area contributed by atoms with Crippen LogP contribution < -0.4 is 0 Å². The minimum Gasteiger partial charge on any atom is -0.388 e. The van der Waals surface area contributed by atoms with E-state index in [1.165, 1.54) is 43.5 Å². The van der Waals surface area contributed by atoms with Gasteiger partial charge in [0.15, 0.2) is 0 Å². The second-order valence-electron chi connectivity index (χ2n) is 6.97. The van der Waals surface area contributed by atoms with E-state index >= 15 is 0 Å². The van der Waals surface area contributed by atoms with Gasteiger partial charge < -0.3 is 10.1 Å². The number of aliphatic hydroxyl groups excluding tert-OH is 1. The van der Waals surface area contributed by atoms with Crippen molar-refractivity contribution in [1.29, 1.82) is 0 Å². The Kier molecular flexibility index (Phi) is 4.55. The summed E-state index contributed by atoms with van der Waals surface area (Å²) in [5.41, 5.74) is 5.61. The van der Waals surface area contributed by atoms with Gasteiger partial charge in [-0.05, 0) is 61.7 Å². The summed E-state index contributed by atoms with van der Waals surface area (Å²) < 4.78 is 0. The Morgan fingerprint density at radius 3 is 2.48 bits per heavy atom. The highest BCUT2D eigenvalue weighted by molar-refractivity contribution is 5.82. The number of aliphatic hydroxyl groups is 1. The summed E-state index contributed by atoms with van der Waals surface area (Å²) in [6.07, 6.45) is 4.02. The van der Waals surface area contributed by atoms with Crippen LogP contribution in [0.25, 0.3) is 22.2 Å². The molecule has 0 spiro atoms. The van der Waals surface area contributed by atoms with Crippen LogP contribution in [0.5, 0.6) is 0 Å². The number of H-pyrrole nitrogens is 1. The molecule has 2 aromatic carbocycles. The Labute approximate surface area is 148 Å². The number of hydrogen-bond donors (Lipinski definition) is 2. The second-order valence-corrected chi connectivity index (χ2v) is 6.97. The monoisotopic (exact) mass is 335 g/mol. The van der Waals surface area contributed by atoms with E-state index in [4.69, 9.17) is 0 Å². The van der Waals surface area contributed by atoms with E-state index in [-0.39, 0.29) is 6.61 Å². The molecule has 0 saturated carbocycles. The van der Waals surface area contributed by atoms with Gasteiger partial charge >= 0.3 is 0 Å². The van der Waals surface area contributed by atoms with Crippen LogP contribution in [0.3, 0.4) is 0 Å². The number of nitrogens with zero attached hydrogens (tertiary/aromatic N) is 2. The number of nitrogens with one attached hydrogen (secondary N) is 1. The topological polar surface area (TPSA) is 52.2 Å². The number of rotatable bonds is 4. The number of benzene rings is 2. The lowest BCUT2D eigenvalue weighted by Crippen LogP contribution is -2.32. The van der Waals surface area contributed by atoms with Gasteiger partial charge in [0.25, 0.3) is 0 Å². The summed E-state index contributed by atoms with van der Waals surface area (Å²) in [6.45, 7) is 4.68. The van der Waals surface area contributed by atoms with E-state index in [9.17, 15) is 5.11 Å². The van der Waals surface area contributed by atoms with Gasteiger partial charge in [-0.15, -0.1) is 0 Å². The summed E-state index contributed by atoms with van der Waals surface area (Å²) in [6, 6.07) is 15.6. The predicted octanol–water partition coefficient (Wildman–Crippen LogP) is 4.27. The smallest absolute Gasteiger partial charge is 0.133 e. The first-order valence-electron chi connectivity index (χ1n) is 9.18. The summed E-state index contributed by atoms with van der Waals surface area (Å²) in [4.78, 5) is 10.1. The normalized spacial score (nSPS) is 17.0. The highest BCUT2D eigenvalue weighted by atomic mass is 16.3. The molecule has 0 aliphatic carbocycles. The van der Waals surface area contributed by atoms with Crippen molar-refractivity contribution in [3.63, 3.8) is 0 Å². The molecule has 25 heavy (non-hydrogen) atoms. The third kappa shape index (κ3) is 3.32. The molecule has 1 atom stereocenters. The van der Waals surface area contributed by atoms with Gasteiger partial charge in [0.05, 0.1) is 11.0 Å². The molecule has 2 N–H and O–H groups in total. The number of fused-ring (bicyclic) bond motifs is 1. The molecule has 0 unspecified atom stereocenters. The van der Waals surface area contributed by atoms with Crippen LogP contribution in [0.15, 0.2) is 42.5 Å². The maximum Gasteiger partial charge on any atom is 0.133 e. The van der Waals surface area contributed by atoms with Crippen molar-refractivity contribution in [1.82, 2.24) is 14.9 Å². The van der Waals surface area contributed by atoms with Crippen molar-refractivity contribution in [2.75, 3.05) is 13.1 Å². The fourth-order valence-electron chi connectivity index (χ4n) is 3.79. The molecular formula is C21H25N3O. The van der Waals surface area contributed by atoms with E-state index in [2.05, 4.69) is 58.2 Å². The molecule has 0 radical (unpaired) electrons. The Morgan fingerprint density at radius 2 is 1.76 bits per heavy atom. The Bertz CT molecular complexity index is 847. The fourth-order valence-corrected chi connectivity index (χ4v) is 3.79. The summed E-state index contributed by atoms with van der Waals surface area (Å²) in [7, 11) is 0. The molecule has 1 saturated heterocycles. The van der Waals surface area contributed by atoms with Gasteiger partial charge in [0.1, 0.15) is 12.4 Å². The Hall–Kier alpha value is -2.17. The maximum absolute atomic E-state index is 9.22. The number of aromatic amines is 1. The number of piperidine rings is 1. The number of imidazole rings is 1. The molecule has 130 valence electrons. The summed E-state index contributed by atoms with van der Waals surface area (Å²) >= 11 is 0. The van der Waals surface area contributed by atoms with Gasteiger partial charge in [-0.2, -0.15) is 0 Å². The first-order valence-corrected chi connectivity index (χ1v) is 9.18. The van der Waals surface area contributed by atoms with Crippen molar-refractivity contribution in [3.8, 4) is 11.1 Å². The zero-order valence-electron chi connectivity index (χ0n) is 14.7. The van der Waals surface area contributed by atoms with Gasteiger partial charge in [-0.3, -0.25) is 4.90 Å². The van der Waals surface area contributed by atoms with Crippen LogP contribution in [0, 0.1) is 0 Å². The first kappa shape index (κ1) is 16.3. The van der Waals surface area contributed by atoms with Crippen molar-refractivity contribution in [3.05, 3.63) is 53.9 Å². The molecule has 0 bridgehead atoms.